The molecule has 2 amide bonds. The van der Waals surface area contributed by atoms with Gasteiger partial charge >= 0.3 is 0 Å². The smallest absolute Gasteiger partial charge is 0.245 e. The van der Waals surface area contributed by atoms with E-state index in [1.165, 1.54) is 12.1 Å². The zero-order valence-electron chi connectivity index (χ0n) is 10.8. The summed E-state index contributed by atoms with van der Waals surface area (Å²) < 4.78 is 26.3. The van der Waals surface area contributed by atoms with Gasteiger partial charge in [0.1, 0.15) is 4.90 Å². The maximum absolute atomic E-state index is 12.6. The number of fused-ring (bicyclic) bond motifs is 1. The molecule has 2 aliphatic rings. The number of hydrogen-bond acceptors (Lipinski definition) is 4. The summed E-state index contributed by atoms with van der Waals surface area (Å²) in [4.78, 5) is 22.6. The van der Waals surface area contributed by atoms with Gasteiger partial charge in [0.15, 0.2) is 0 Å². The first-order valence-corrected chi connectivity index (χ1v) is 8.09. The molecule has 1 aromatic carbocycles. The summed E-state index contributed by atoms with van der Waals surface area (Å²) in [7, 11) is -3.86. The number of rotatable bonds is 2. The van der Waals surface area contributed by atoms with Crippen LogP contribution in [0.15, 0.2) is 17.0 Å². The molecule has 0 spiro atoms. The number of carbonyl (C=O) groups is 2. The number of piperazine rings is 1. The summed E-state index contributed by atoms with van der Waals surface area (Å²) in [5, 5.41) is 5.20. The zero-order chi connectivity index (χ0) is 15.2. The molecule has 0 saturated carbocycles. The second kappa shape index (κ2) is 4.97. The molecule has 2 heterocycles. The van der Waals surface area contributed by atoms with Crippen molar-refractivity contribution in [3.8, 4) is 0 Å². The zero-order valence-corrected chi connectivity index (χ0v) is 12.4. The molecule has 2 aliphatic heterocycles. The van der Waals surface area contributed by atoms with Gasteiger partial charge in [-0.25, -0.2) is 8.42 Å². The van der Waals surface area contributed by atoms with Gasteiger partial charge < -0.3 is 10.6 Å². The molecule has 1 aromatic rings. The van der Waals surface area contributed by atoms with E-state index in [9.17, 15) is 18.0 Å². The maximum Gasteiger partial charge on any atom is 0.245 e. The Morgan fingerprint density at radius 2 is 1.95 bits per heavy atom. The quantitative estimate of drug-likeness (QED) is 0.795. The van der Waals surface area contributed by atoms with E-state index < -0.39 is 10.0 Å². The van der Waals surface area contributed by atoms with Gasteiger partial charge in [-0.05, 0) is 17.7 Å². The van der Waals surface area contributed by atoms with E-state index in [0.717, 1.165) is 4.31 Å². The summed E-state index contributed by atoms with van der Waals surface area (Å²) >= 11 is 6.04. The first-order valence-electron chi connectivity index (χ1n) is 6.27. The minimum atomic E-state index is -3.86. The molecular weight excluding hydrogens is 318 g/mol. The minimum Gasteiger partial charge on any atom is -0.354 e. The maximum atomic E-state index is 12.6. The number of anilines is 1. The highest BCUT2D eigenvalue weighted by Gasteiger charge is 2.32. The van der Waals surface area contributed by atoms with Crippen LogP contribution in [0.1, 0.15) is 5.56 Å². The first kappa shape index (κ1) is 14.3. The second-order valence-electron chi connectivity index (χ2n) is 4.85. The molecule has 1 fully saturated rings. The molecule has 1 saturated heterocycles. The van der Waals surface area contributed by atoms with E-state index in [0.29, 0.717) is 11.3 Å². The van der Waals surface area contributed by atoms with E-state index in [1.807, 2.05) is 0 Å². The third-order valence-corrected chi connectivity index (χ3v) is 5.71. The molecule has 0 radical (unpaired) electrons. The Morgan fingerprint density at radius 1 is 1.19 bits per heavy atom. The van der Waals surface area contributed by atoms with Gasteiger partial charge in [0.2, 0.25) is 21.8 Å². The highest BCUT2D eigenvalue weighted by Crippen LogP contribution is 2.33. The highest BCUT2D eigenvalue weighted by atomic mass is 35.5. The van der Waals surface area contributed by atoms with Crippen LogP contribution in [-0.4, -0.2) is 44.2 Å². The monoisotopic (exact) mass is 329 g/mol. The van der Waals surface area contributed by atoms with Crippen LogP contribution in [0.2, 0.25) is 5.02 Å². The van der Waals surface area contributed by atoms with E-state index >= 15 is 0 Å². The van der Waals surface area contributed by atoms with Crippen molar-refractivity contribution < 1.29 is 18.0 Å². The molecule has 3 rings (SSSR count). The standard InChI is InChI=1S/C12H12ClN3O4S/c13-8-5-9-7(4-11(17)15-9)3-10(8)21(19,20)16-2-1-14-12(18)6-16/h3,5H,1-2,4,6H2,(H,14,18)(H,15,17). The Balaban J connectivity index is 2.01. The summed E-state index contributed by atoms with van der Waals surface area (Å²) in [6, 6.07) is 2.83. The molecule has 2 N–H and O–H groups in total. The number of nitrogens with zero attached hydrogens (tertiary/aromatic N) is 1. The average Bonchev–Trinajstić information content (AvgIpc) is 2.76. The van der Waals surface area contributed by atoms with Crippen LogP contribution in [0.3, 0.4) is 0 Å². The average molecular weight is 330 g/mol. The van der Waals surface area contributed by atoms with Crippen molar-refractivity contribution in [2.45, 2.75) is 11.3 Å². The SMILES string of the molecule is O=C1CN(S(=O)(=O)c2cc3c(cc2Cl)NC(=O)C3)CCN1. The van der Waals surface area contributed by atoms with Crippen LogP contribution >= 0.6 is 11.6 Å². The summed E-state index contributed by atoms with van der Waals surface area (Å²) in [6.45, 7) is 0.228. The van der Waals surface area contributed by atoms with Crippen molar-refractivity contribution in [3.63, 3.8) is 0 Å². The van der Waals surface area contributed by atoms with Gasteiger partial charge in [0.05, 0.1) is 18.0 Å². The molecule has 0 aromatic heterocycles. The fourth-order valence-corrected chi connectivity index (χ4v) is 4.33. The van der Waals surface area contributed by atoms with Gasteiger partial charge in [-0.1, -0.05) is 11.6 Å². The lowest BCUT2D eigenvalue weighted by molar-refractivity contribution is -0.122. The number of halogens is 1. The molecule has 9 heteroatoms. The van der Waals surface area contributed by atoms with Crippen molar-refractivity contribution in [2.24, 2.45) is 0 Å². The Bertz CT molecular complexity index is 747. The van der Waals surface area contributed by atoms with Crippen molar-refractivity contribution in [1.82, 2.24) is 9.62 Å². The van der Waals surface area contributed by atoms with Crippen molar-refractivity contribution in [2.75, 3.05) is 25.0 Å². The predicted octanol–water partition coefficient (Wildman–Crippen LogP) is -0.0449. The van der Waals surface area contributed by atoms with Gasteiger partial charge in [0, 0.05) is 18.8 Å². The Labute approximate surface area is 126 Å². The van der Waals surface area contributed by atoms with Crippen LogP contribution in [0.25, 0.3) is 0 Å². The van der Waals surface area contributed by atoms with E-state index in [2.05, 4.69) is 10.6 Å². The molecule has 0 aliphatic carbocycles. The Morgan fingerprint density at radius 3 is 2.67 bits per heavy atom. The molecule has 0 atom stereocenters. The number of carbonyl (C=O) groups excluding carboxylic acids is 2. The summed E-state index contributed by atoms with van der Waals surface area (Å²) in [5.74, 6) is -0.549. The summed E-state index contributed by atoms with van der Waals surface area (Å²) in [5.41, 5.74) is 1.12. The van der Waals surface area contributed by atoms with Gasteiger partial charge in [0.25, 0.3) is 0 Å². The lowest BCUT2D eigenvalue weighted by Crippen LogP contribution is -2.49. The van der Waals surface area contributed by atoms with Crippen LogP contribution in [0.4, 0.5) is 5.69 Å². The molecule has 0 bridgehead atoms. The van der Waals surface area contributed by atoms with Crippen molar-refractivity contribution in [3.05, 3.63) is 22.7 Å². The molecular formula is C12H12ClN3O4S. The van der Waals surface area contributed by atoms with Gasteiger partial charge in [-0.15, -0.1) is 0 Å². The van der Waals surface area contributed by atoms with E-state index in [4.69, 9.17) is 11.6 Å². The second-order valence-corrected chi connectivity index (χ2v) is 7.17. The van der Waals surface area contributed by atoms with E-state index in [1.54, 1.807) is 0 Å². The highest BCUT2D eigenvalue weighted by molar-refractivity contribution is 7.89. The third kappa shape index (κ3) is 2.50. The lowest BCUT2D eigenvalue weighted by Gasteiger charge is -2.26. The molecule has 7 nitrogen and oxygen atoms in total. The lowest BCUT2D eigenvalue weighted by atomic mass is 10.2. The molecule has 112 valence electrons. The van der Waals surface area contributed by atoms with Gasteiger partial charge in [-0.3, -0.25) is 9.59 Å². The number of benzene rings is 1. The predicted molar refractivity (Wildman–Crippen MR) is 75.6 cm³/mol. The van der Waals surface area contributed by atoms with Crippen molar-refractivity contribution in [1.29, 1.82) is 0 Å². The first-order chi connectivity index (χ1) is 9.88. The molecule has 0 unspecified atom stereocenters. The fraction of sp³-hybridized carbons (Fsp3) is 0.333. The van der Waals surface area contributed by atoms with E-state index in [-0.39, 0.29) is 47.8 Å². The van der Waals surface area contributed by atoms with Crippen LogP contribution in [0, 0.1) is 0 Å². The van der Waals surface area contributed by atoms with Crippen LogP contribution in [0.5, 0.6) is 0 Å². The Kier molecular flexibility index (Phi) is 3.39. The minimum absolute atomic E-state index is 0.0296. The molecule has 21 heavy (non-hydrogen) atoms. The number of sulfonamides is 1. The number of nitrogens with one attached hydrogen (secondary N) is 2. The Hall–Kier alpha value is -1.64. The van der Waals surface area contributed by atoms with Crippen LogP contribution < -0.4 is 10.6 Å². The van der Waals surface area contributed by atoms with Crippen molar-refractivity contribution >= 4 is 39.1 Å². The fourth-order valence-electron chi connectivity index (χ4n) is 2.38. The topological polar surface area (TPSA) is 95.6 Å². The number of hydrogen-bond donors (Lipinski definition) is 2. The summed E-state index contributed by atoms with van der Waals surface area (Å²) in [6.07, 6.45) is 0.121. The van der Waals surface area contributed by atoms with Crippen LogP contribution in [-0.2, 0) is 26.0 Å². The number of amides is 2. The van der Waals surface area contributed by atoms with Gasteiger partial charge in [-0.2, -0.15) is 4.31 Å². The normalized spacial score (nSPS) is 19.1. The third-order valence-electron chi connectivity index (χ3n) is 3.40. The largest absolute Gasteiger partial charge is 0.354 e.